The highest BCUT2D eigenvalue weighted by molar-refractivity contribution is 5.90. The van der Waals surface area contributed by atoms with Crippen molar-refractivity contribution in [1.29, 1.82) is 5.26 Å². The SMILES string of the molecule is COCC1CN(C(=O)c2ncccn2)CCN1c1ccc(C#N)c(C(F)(F)F)c1. The number of carbonyl (C=O) groups excluding carboxylic acids is 1. The molecule has 1 aliphatic heterocycles. The number of hydrogen-bond donors (Lipinski definition) is 0. The summed E-state index contributed by atoms with van der Waals surface area (Å²) in [5.41, 5.74) is -1.09. The molecule has 2 heterocycles. The van der Waals surface area contributed by atoms with Crippen molar-refractivity contribution in [3.63, 3.8) is 0 Å². The van der Waals surface area contributed by atoms with Gasteiger partial charge in [0, 0.05) is 44.8 Å². The van der Waals surface area contributed by atoms with Crippen molar-refractivity contribution in [2.45, 2.75) is 12.2 Å². The average molecular weight is 405 g/mol. The van der Waals surface area contributed by atoms with Crippen LogP contribution in [-0.4, -0.2) is 60.2 Å². The molecule has 1 atom stereocenters. The second-order valence-corrected chi connectivity index (χ2v) is 6.47. The summed E-state index contributed by atoms with van der Waals surface area (Å²) in [5.74, 6) is -0.281. The largest absolute Gasteiger partial charge is 0.417 e. The fraction of sp³-hybridized carbons (Fsp3) is 0.368. The highest BCUT2D eigenvalue weighted by atomic mass is 19.4. The quantitative estimate of drug-likeness (QED) is 0.777. The molecule has 1 saturated heterocycles. The fourth-order valence-corrected chi connectivity index (χ4v) is 3.31. The van der Waals surface area contributed by atoms with Gasteiger partial charge in [-0.25, -0.2) is 9.97 Å². The van der Waals surface area contributed by atoms with Gasteiger partial charge in [0.1, 0.15) is 0 Å². The molecular formula is C19H18F3N5O2. The minimum absolute atomic E-state index is 0.0647. The van der Waals surface area contributed by atoms with Crippen molar-refractivity contribution in [2.75, 3.05) is 38.3 Å². The lowest BCUT2D eigenvalue weighted by Crippen LogP contribution is -2.56. The third-order valence-electron chi connectivity index (χ3n) is 4.65. The molecule has 0 radical (unpaired) electrons. The number of halogens is 3. The maximum atomic E-state index is 13.3. The molecule has 2 aromatic rings. The van der Waals surface area contributed by atoms with Crippen molar-refractivity contribution in [3.05, 3.63) is 53.6 Å². The number of methoxy groups -OCH3 is 1. The molecule has 0 aliphatic carbocycles. The Balaban J connectivity index is 1.86. The Bertz CT molecular complexity index is 914. The maximum absolute atomic E-state index is 13.3. The third-order valence-corrected chi connectivity index (χ3v) is 4.65. The van der Waals surface area contributed by atoms with Crippen LogP contribution in [0.15, 0.2) is 36.7 Å². The lowest BCUT2D eigenvalue weighted by molar-refractivity contribution is -0.137. The number of aromatic nitrogens is 2. The van der Waals surface area contributed by atoms with E-state index in [1.54, 1.807) is 21.9 Å². The van der Waals surface area contributed by atoms with Crippen LogP contribution in [0.25, 0.3) is 0 Å². The summed E-state index contributed by atoms with van der Waals surface area (Å²) in [4.78, 5) is 23.9. The van der Waals surface area contributed by atoms with Gasteiger partial charge >= 0.3 is 6.18 Å². The molecule has 1 fully saturated rings. The first kappa shape index (κ1) is 20.5. The van der Waals surface area contributed by atoms with Gasteiger partial charge in [0.15, 0.2) is 0 Å². The van der Waals surface area contributed by atoms with E-state index >= 15 is 0 Å². The van der Waals surface area contributed by atoms with Crippen molar-refractivity contribution >= 4 is 11.6 Å². The van der Waals surface area contributed by atoms with Crippen molar-refractivity contribution in [1.82, 2.24) is 14.9 Å². The summed E-state index contributed by atoms with van der Waals surface area (Å²) in [6.07, 6.45) is -1.70. The highest BCUT2D eigenvalue weighted by Crippen LogP contribution is 2.35. The fourth-order valence-electron chi connectivity index (χ4n) is 3.31. The molecule has 7 nitrogen and oxygen atoms in total. The molecule has 152 valence electrons. The van der Waals surface area contributed by atoms with Crippen molar-refractivity contribution < 1.29 is 22.7 Å². The minimum atomic E-state index is -4.64. The van der Waals surface area contributed by atoms with E-state index in [-0.39, 0.29) is 30.9 Å². The Morgan fingerprint density at radius 1 is 1.31 bits per heavy atom. The second-order valence-electron chi connectivity index (χ2n) is 6.47. The molecule has 1 aromatic carbocycles. The second kappa shape index (κ2) is 8.45. The predicted octanol–water partition coefficient (Wildman–Crippen LogP) is 2.34. The number of nitrogens with zero attached hydrogens (tertiary/aromatic N) is 5. The van der Waals surface area contributed by atoms with E-state index in [4.69, 9.17) is 10.00 Å². The molecule has 3 rings (SSSR count). The van der Waals surface area contributed by atoms with E-state index in [2.05, 4.69) is 9.97 Å². The van der Waals surface area contributed by atoms with E-state index in [1.165, 1.54) is 25.6 Å². The summed E-state index contributed by atoms with van der Waals surface area (Å²) in [6.45, 7) is 1.04. The Kier molecular flexibility index (Phi) is 5.98. The number of hydrogen-bond acceptors (Lipinski definition) is 6. The first-order valence-corrected chi connectivity index (χ1v) is 8.78. The smallest absolute Gasteiger partial charge is 0.382 e. The zero-order chi connectivity index (χ0) is 21.0. The number of nitriles is 1. The standard InChI is InChI=1S/C19H18F3N5O2/c1-29-12-15-11-26(18(28)17-24-5-2-6-25-17)7-8-27(15)14-4-3-13(10-23)16(9-14)19(20,21)22/h2-6,9,15H,7-8,11-12H2,1H3. The Hall–Kier alpha value is -3.19. The van der Waals surface area contributed by atoms with Gasteiger partial charge in [-0.2, -0.15) is 18.4 Å². The molecular weight excluding hydrogens is 387 g/mol. The minimum Gasteiger partial charge on any atom is -0.382 e. The zero-order valence-electron chi connectivity index (χ0n) is 15.6. The lowest BCUT2D eigenvalue weighted by atomic mass is 10.0. The summed E-state index contributed by atoms with van der Waals surface area (Å²) >= 11 is 0. The van der Waals surface area contributed by atoms with Gasteiger partial charge in [-0.1, -0.05) is 0 Å². The summed E-state index contributed by atoms with van der Waals surface area (Å²) in [6, 6.07) is 6.43. The average Bonchev–Trinajstić information content (AvgIpc) is 2.73. The number of anilines is 1. The van der Waals surface area contributed by atoms with Gasteiger partial charge in [0.25, 0.3) is 5.91 Å². The first-order chi connectivity index (χ1) is 13.8. The van der Waals surface area contributed by atoms with E-state index in [0.29, 0.717) is 18.8 Å². The van der Waals surface area contributed by atoms with Crippen molar-refractivity contribution in [2.24, 2.45) is 0 Å². The van der Waals surface area contributed by atoms with Crippen LogP contribution >= 0.6 is 0 Å². The molecule has 1 amide bonds. The molecule has 0 spiro atoms. The highest BCUT2D eigenvalue weighted by Gasteiger charge is 2.36. The van der Waals surface area contributed by atoms with Gasteiger partial charge in [-0.15, -0.1) is 0 Å². The molecule has 29 heavy (non-hydrogen) atoms. The maximum Gasteiger partial charge on any atom is 0.417 e. The summed E-state index contributed by atoms with van der Waals surface area (Å²) in [7, 11) is 1.49. The molecule has 0 bridgehead atoms. The molecule has 1 aromatic heterocycles. The zero-order valence-corrected chi connectivity index (χ0v) is 15.6. The number of amides is 1. The number of alkyl halides is 3. The molecule has 0 N–H and O–H groups in total. The van der Waals surface area contributed by atoms with E-state index in [0.717, 1.165) is 12.1 Å². The topological polar surface area (TPSA) is 82.3 Å². The van der Waals surface area contributed by atoms with Crippen LogP contribution in [0, 0.1) is 11.3 Å². The Morgan fingerprint density at radius 2 is 2.03 bits per heavy atom. The summed E-state index contributed by atoms with van der Waals surface area (Å²) < 4.78 is 45.2. The Morgan fingerprint density at radius 3 is 2.66 bits per heavy atom. The molecule has 1 aliphatic rings. The van der Waals surface area contributed by atoms with Crippen LogP contribution in [0.2, 0.25) is 0 Å². The number of ether oxygens (including phenoxy) is 1. The van der Waals surface area contributed by atoms with E-state index in [9.17, 15) is 18.0 Å². The third kappa shape index (κ3) is 4.46. The van der Waals surface area contributed by atoms with Crippen LogP contribution in [0.5, 0.6) is 0 Å². The van der Waals surface area contributed by atoms with Gasteiger partial charge < -0.3 is 14.5 Å². The van der Waals surface area contributed by atoms with E-state index in [1.807, 2.05) is 0 Å². The molecule has 1 unspecified atom stereocenters. The number of piperazine rings is 1. The monoisotopic (exact) mass is 405 g/mol. The van der Waals surface area contributed by atoms with Gasteiger partial charge in [-0.3, -0.25) is 4.79 Å². The number of benzene rings is 1. The molecule has 0 saturated carbocycles. The van der Waals surface area contributed by atoms with Crippen LogP contribution in [0.3, 0.4) is 0 Å². The normalized spacial score (nSPS) is 17.1. The first-order valence-electron chi connectivity index (χ1n) is 8.78. The van der Waals surface area contributed by atoms with Crippen LogP contribution < -0.4 is 4.90 Å². The van der Waals surface area contributed by atoms with Crippen LogP contribution in [-0.2, 0) is 10.9 Å². The number of rotatable bonds is 4. The van der Waals surface area contributed by atoms with E-state index < -0.39 is 17.3 Å². The van der Waals surface area contributed by atoms with Gasteiger partial charge in [0.05, 0.1) is 29.8 Å². The van der Waals surface area contributed by atoms with Crippen LogP contribution in [0.4, 0.5) is 18.9 Å². The lowest BCUT2D eigenvalue weighted by Gasteiger charge is -2.42. The van der Waals surface area contributed by atoms with Crippen LogP contribution in [0.1, 0.15) is 21.7 Å². The predicted molar refractivity (Wildman–Crippen MR) is 97.1 cm³/mol. The Labute approximate surface area is 165 Å². The number of carbonyl (C=O) groups is 1. The van der Waals surface area contributed by atoms with Gasteiger partial charge in [-0.05, 0) is 24.3 Å². The summed E-state index contributed by atoms with van der Waals surface area (Å²) in [5, 5.41) is 8.98. The van der Waals surface area contributed by atoms with Crippen molar-refractivity contribution in [3.8, 4) is 6.07 Å². The molecule has 10 heteroatoms. The van der Waals surface area contributed by atoms with Gasteiger partial charge in [0.2, 0.25) is 5.82 Å².